The fourth-order valence-corrected chi connectivity index (χ4v) is 7.17. The normalized spacial score (nSPS) is 11.6. The highest BCUT2D eigenvalue weighted by Crippen LogP contribution is 2.43. The molecule has 3 heterocycles. The molecule has 0 radical (unpaired) electrons. The van der Waals surface area contributed by atoms with E-state index in [1.165, 1.54) is 5.39 Å². The topological polar surface area (TPSA) is 56.7 Å². The van der Waals surface area contributed by atoms with E-state index in [1.807, 2.05) is 54.6 Å². The average molecular weight is 641 g/mol. The molecule has 0 saturated heterocycles. The Morgan fingerprint density at radius 2 is 1.02 bits per heavy atom. The molecular weight excluding hydrogens is 613 g/mol. The Labute approximate surface area is 287 Å². The Morgan fingerprint density at radius 3 is 1.82 bits per heavy atom. The minimum atomic E-state index is 0.593. The second-order valence-corrected chi connectivity index (χ2v) is 12.4. The summed E-state index contributed by atoms with van der Waals surface area (Å²) in [5.74, 6) is 1.83. The molecule has 0 amide bonds. The summed E-state index contributed by atoms with van der Waals surface area (Å²) < 4.78 is 9.13. The van der Waals surface area contributed by atoms with Crippen LogP contribution in [-0.2, 0) is 0 Å². The molecule has 50 heavy (non-hydrogen) atoms. The number of para-hydroxylation sites is 2. The third-order valence-electron chi connectivity index (χ3n) is 9.45. The predicted molar refractivity (Wildman–Crippen MR) is 203 cm³/mol. The lowest BCUT2D eigenvalue weighted by Crippen LogP contribution is -2.00. The summed E-state index contributed by atoms with van der Waals surface area (Å²) in [7, 11) is 0. The summed E-state index contributed by atoms with van der Waals surface area (Å²) in [6.45, 7) is 0. The molecule has 234 valence electrons. The molecule has 3 aromatic heterocycles. The van der Waals surface area contributed by atoms with E-state index in [4.69, 9.17) is 19.4 Å². The molecule has 0 saturated carbocycles. The van der Waals surface area contributed by atoms with Crippen molar-refractivity contribution in [1.82, 2.24) is 19.5 Å². The van der Waals surface area contributed by atoms with Gasteiger partial charge in [-0.3, -0.25) is 0 Å². The van der Waals surface area contributed by atoms with Gasteiger partial charge in [-0.1, -0.05) is 133 Å². The Morgan fingerprint density at radius 1 is 0.420 bits per heavy atom. The number of hydrogen-bond acceptors (Lipinski definition) is 4. The molecule has 0 aliphatic heterocycles. The second-order valence-electron chi connectivity index (χ2n) is 12.4. The lowest BCUT2D eigenvalue weighted by atomic mass is 10.0. The van der Waals surface area contributed by atoms with Crippen molar-refractivity contribution in [2.24, 2.45) is 0 Å². The molecule has 5 nitrogen and oxygen atoms in total. The summed E-state index contributed by atoms with van der Waals surface area (Å²) in [5.41, 5.74) is 9.85. The van der Waals surface area contributed by atoms with E-state index in [0.29, 0.717) is 17.5 Å². The Hall–Kier alpha value is -6.85. The zero-order valence-corrected chi connectivity index (χ0v) is 26.9. The molecular formula is C45H28N4O. The lowest BCUT2D eigenvalue weighted by Gasteiger charge is -2.10. The van der Waals surface area contributed by atoms with E-state index in [9.17, 15) is 0 Å². The van der Waals surface area contributed by atoms with Gasteiger partial charge in [-0.2, -0.15) is 0 Å². The molecule has 0 unspecified atom stereocenters. The van der Waals surface area contributed by atoms with Crippen LogP contribution in [0.2, 0.25) is 0 Å². The predicted octanol–water partition coefficient (Wildman–Crippen LogP) is 11.5. The number of benzene rings is 7. The molecule has 0 aliphatic rings. The largest absolute Gasteiger partial charge is 0.454 e. The average Bonchev–Trinajstić information content (AvgIpc) is 3.75. The Kier molecular flexibility index (Phi) is 6.42. The fourth-order valence-electron chi connectivity index (χ4n) is 7.17. The fraction of sp³-hybridized carbons (Fsp3) is 0. The van der Waals surface area contributed by atoms with E-state index in [2.05, 4.69) is 120 Å². The molecule has 10 aromatic rings. The summed E-state index contributed by atoms with van der Waals surface area (Å²) in [5, 5.41) is 4.31. The van der Waals surface area contributed by atoms with Crippen molar-refractivity contribution >= 4 is 43.7 Å². The van der Waals surface area contributed by atoms with Crippen LogP contribution in [0.1, 0.15) is 0 Å². The highest BCUT2D eigenvalue weighted by Gasteiger charge is 2.22. The molecule has 0 fully saturated rings. The summed E-state index contributed by atoms with van der Waals surface area (Å²) in [6.07, 6.45) is 0. The number of hydrogen-bond donors (Lipinski definition) is 0. The van der Waals surface area contributed by atoms with Gasteiger partial charge in [0.2, 0.25) is 0 Å². The molecule has 0 aliphatic carbocycles. The third-order valence-corrected chi connectivity index (χ3v) is 9.45. The summed E-state index contributed by atoms with van der Waals surface area (Å²) in [6, 6.07) is 58.4. The first-order valence-corrected chi connectivity index (χ1v) is 16.7. The van der Waals surface area contributed by atoms with Crippen LogP contribution in [0.3, 0.4) is 0 Å². The van der Waals surface area contributed by atoms with Crippen LogP contribution in [0.25, 0.3) is 94.7 Å². The molecule has 0 spiro atoms. The molecule has 5 heteroatoms. The molecule has 10 rings (SSSR count). The Balaban J connectivity index is 1.24. The smallest absolute Gasteiger partial charge is 0.164 e. The molecule has 0 atom stereocenters. The van der Waals surface area contributed by atoms with E-state index >= 15 is 0 Å². The SMILES string of the molecule is c1ccc(-c2cccc(-c3nc(-c4ccccc4)nc(-c4cccc5oc6c(ccc7c8ccccc8n(-c8ccccc8)c76)c45)n3)c2)cc1. The number of fused-ring (bicyclic) bond motifs is 7. The molecule has 7 aromatic carbocycles. The molecule has 0 N–H and O–H groups in total. The highest BCUT2D eigenvalue weighted by atomic mass is 16.3. The first kappa shape index (κ1) is 28.2. The van der Waals surface area contributed by atoms with Gasteiger partial charge in [-0.15, -0.1) is 0 Å². The summed E-state index contributed by atoms with van der Waals surface area (Å²) >= 11 is 0. The quantitative estimate of drug-likeness (QED) is 0.188. The van der Waals surface area contributed by atoms with Gasteiger partial charge in [-0.25, -0.2) is 15.0 Å². The van der Waals surface area contributed by atoms with E-state index in [-0.39, 0.29) is 0 Å². The van der Waals surface area contributed by atoms with E-state index in [0.717, 1.165) is 71.9 Å². The second kappa shape index (κ2) is 11.4. The van der Waals surface area contributed by atoms with Crippen molar-refractivity contribution in [1.29, 1.82) is 0 Å². The maximum Gasteiger partial charge on any atom is 0.164 e. The number of aromatic nitrogens is 4. The first-order valence-electron chi connectivity index (χ1n) is 16.7. The zero-order valence-electron chi connectivity index (χ0n) is 26.9. The highest BCUT2D eigenvalue weighted by molar-refractivity contribution is 6.23. The molecule has 0 bridgehead atoms. The number of furan rings is 1. The van der Waals surface area contributed by atoms with Gasteiger partial charge in [-0.05, 0) is 47.5 Å². The van der Waals surface area contributed by atoms with Crippen molar-refractivity contribution in [3.8, 4) is 51.0 Å². The number of rotatable bonds is 5. The zero-order chi connectivity index (χ0) is 33.0. The minimum Gasteiger partial charge on any atom is -0.454 e. The van der Waals surface area contributed by atoms with Gasteiger partial charge in [0.05, 0.1) is 11.0 Å². The van der Waals surface area contributed by atoms with Crippen LogP contribution in [0.5, 0.6) is 0 Å². The van der Waals surface area contributed by atoms with Crippen LogP contribution in [0.15, 0.2) is 174 Å². The van der Waals surface area contributed by atoms with Crippen LogP contribution < -0.4 is 0 Å². The van der Waals surface area contributed by atoms with Gasteiger partial charge in [0.1, 0.15) is 5.58 Å². The Bertz CT molecular complexity index is 2860. The van der Waals surface area contributed by atoms with Crippen molar-refractivity contribution in [2.75, 3.05) is 0 Å². The maximum atomic E-state index is 6.82. The van der Waals surface area contributed by atoms with Gasteiger partial charge in [0.15, 0.2) is 23.1 Å². The lowest BCUT2D eigenvalue weighted by molar-refractivity contribution is 0.671. The summed E-state index contributed by atoms with van der Waals surface area (Å²) in [4.78, 5) is 15.3. The van der Waals surface area contributed by atoms with E-state index < -0.39 is 0 Å². The van der Waals surface area contributed by atoms with Crippen molar-refractivity contribution < 1.29 is 4.42 Å². The van der Waals surface area contributed by atoms with Gasteiger partial charge in [0, 0.05) is 43.9 Å². The maximum absolute atomic E-state index is 6.82. The minimum absolute atomic E-state index is 0.593. The van der Waals surface area contributed by atoms with E-state index in [1.54, 1.807) is 0 Å². The van der Waals surface area contributed by atoms with Crippen molar-refractivity contribution in [2.45, 2.75) is 0 Å². The van der Waals surface area contributed by atoms with Gasteiger partial charge < -0.3 is 8.98 Å². The third kappa shape index (κ3) is 4.52. The van der Waals surface area contributed by atoms with Gasteiger partial charge in [0.25, 0.3) is 0 Å². The van der Waals surface area contributed by atoms with Crippen LogP contribution >= 0.6 is 0 Å². The first-order chi connectivity index (χ1) is 24.8. The van der Waals surface area contributed by atoms with Crippen molar-refractivity contribution in [3.63, 3.8) is 0 Å². The van der Waals surface area contributed by atoms with Crippen molar-refractivity contribution in [3.05, 3.63) is 170 Å². The monoisotopic (exact) mass is 640 g/mol. The van der Waals surface area contributed by atoms with Crippen LogP contribution in [0.4, 0.5) is 0 Å². The van der Waals surface area contributed by atoms with Crippen LogP contribution in [-0.4, -0.2) is 19.5 Å². The van der Waals surface area contributed by atoms with Crippen LogP contribution in [0, 0.1) is 0 Å². The standard InChI is InChI=1S/C45H28N4O/c1-4-14-29(15-5-1)31-18-12-19-32(28-31)44-46-43(30-16-6-2-7-17-30)47-45(48-44)37-23-13-25-39-40(37)36-27-26-35-34-22-10-11-24-38(34)49(41(35)42(36)50-39)33-20-8-3-9-21-33/h1-28H. The number of nitrogens with zero attached hydrogens (tertiary/aromatic N) is 4. The van der Waals surface area contributed by atoms with Gasteiger partial charge >= 0.3 is 0 Å².